The predicted molar refractivity (Wildman–Crippen MR) is 46.9 cm³/mol. The van der Waals surface area contributed by atoms with Gasteiger partial charge in [-0.1, -0.05) is 0 Å². The summed E-state index contributed by atoms with van der Waals surface area (Å²) in [6, 6.07) is 0.597. The average Bonchev–Trinajstić information content (AvgIpc) is 1.98. The molecule has 0 radical (unpaired) electrons. The van der Waals surface area contributed by atoms with Crippen molar-refractivity contribution in [2.45, 2.75) is 19.4 Å². The number of phenols is 2. The molecule has 0 amide bonds. The quantitative estimate of drug-likeness (QED) is 0.649. The standard InChI is InChI=1S/C9H11F2NO2/c1-9(2,12)6-7(10)4(13)3-5(14)8(6)11/h3,13-14H,12H2,1-2H3. The summed E-state index contributed by atoms with van der Waals surface area (Å²) < 4.78 is 26.5. The highest BCUT2D eigenvalue weighted by molar-refractivity contribution is 5.42. The van der Waals surface area contributed by atoms with Crippen LogP contribution in [0.2, 0.25) is 0 Å². The molecule has 3 nitrogen and oxygen atoms in total. The van der Waals surface area contributed by atoms with Crippen LogP contribution in [0.5, 0.6) is 11.5 Å². The molecule has 0 aromatic heterocycles. The summed E-state index contributed by atoms with van der Waals surface area (Å²) >= 11 is 0. The maximum absolute atomic E-state index is 13.3. The highest BCUT2D eigenvalue weighted by atomic mass is 19.1. The van der Waals surface area contributed by atoms with Gasteiger partial charge in [0.15, 0.2) is 23.1 Å². The molecule has 0 saturated carbocycles. The van der Waals surface area contributed by atoms with Gasteiger partial charge in [-0.15, -0.1) is 0 Å². The van der Waals surface area contributed by atoms with E-state index in [0.717, 1.165) is 0 Å². The van der Waals surface area contributed by atoms with E-state index in [2.05, 4.69) is 0 Å². The first-order valence-electron chi connectivity index (χ1n) is 3.94. The molecule has 14 heavy (non-hydrogen) atoms. The van der Waals surface area contributed by atoms with Gasteiger partial charge in [-0.05, 0) is 13.8 Å². The van der Waals surface area contributed by atoms with Crippen LogP contribution >= 0.6 is 0 Å². The lowest BCUT2D eigenvalue weighted by Gasteiger charge is -2.21. The van der Waals surface area contributed by atoms with Gasteiger partial charge in [0.25, 0.3) is 0 Å². The zero-order valence-corrected chi connectivity index (χ0v) is 7.81. The number of nitrogens with two attached hydrogens (primary N) is 1. The first kappa shape index (κ1) is 10.7. The zero-order chi connectivity index (χ0) is 11.1. The molecule has 0 aliphatic carbocycles. The Balaban J connectivity index is 3.56. The van der Waals surface area contributed by atoms with Crippen molar-refractivity contribution < 1.29 is 19.0 Å². The van der Waals surface area contributed by atoms with Gasteiger partial charge in [0.05, 0.1) is 5.56 Å². The molecule has 78 valence electrons. The van der Waals surface area contributed by atoms with Gasteiger partial charge < -0.3 is 15.9 Å². The summed E-state index contributed by atoms with van der Waals surface area (Å²) in [6.45, 7) is 2.74. The summed E-state index contributed by atoms with van der Waals surface area (Å²) in [6.07, 6.45) is 0. The van der Waals surface area contributed by atoms with Crippen molar-refractivity contribution in [3.05, 3.63) is 23.3 Å². The minimum absolute atomic E-state index is 0.532. The van der Waals surface area contributed by atoms with Gasteiger partial charge in [-0.2, -0.15) is 0 Å². The molecule has 0 heterocycles. The fourth-order valence-corrected chi connectivity index (χ4v) is 1.17. The summed E-state index contributed by atoms with van der Waals surface area (Å²) in [5.74, 6) is -3.93. The lowest BCUT2D eigenvalue weighted by atomic mass is 9.94. The van der Waals surface area contributed by atoms with Crippen molar-refractivity contribution in [2.75, 3.05) is 0 Å². The molecule has 1 rings (SSSR count). The van der Waals surface area contributed by atoms with Crippen LogP contribution in [0.25, 0.3) is 0 Å². The second kappa shape index (κ2) is 3.09. The summed E-state index contributed by atoms with van der Waals surface area (Å²) in [5, 5.41) is 18.0. The number of benzene rings is 1. The van der Waals surface area contributed by atoms with Crippen molar-refractivity contribution in [1.82, 2.24) is 0 Å². The van der Waals surface area contributed by atoms with Crippen LogP contribution < -0.4 is 5.73 Å². The third-order valence-electron chi connectivity index (χ3n) is 1.81. The number of hydrogen-bond donors (Lipinski definition) is 3. The normalized spacial score (nSPS) is 11.8. The smallest absolute Gasteiger partial charge is 0.173 e. The highest BCUT2D eigenvalue weighted by Gasteiger charge is 2.28. The minimum Gasteiger partial charge on any atom is -0.505 e. The van der Waals surface area contributed by atoms with Gasteiger partial charge in [0.1, 0.15) is 0 Å². The molecule has 5 heteroatoms. The fourth-order valence-electron chi connectivity index (χ4n) is 1.17. The van der Waals surface area contributed by atoms with Crippen molar-refractivity contribution in [2.24, 2.45) is 5.73 Å². The molecule has 0 spiro atoms. The van der Waals surface area contributed by atoms with Crippen molar-refractivity contribution in [1.29, 1.82) is 0 Å². The third kappa shape index (κ3) is 1.63. The van der Waals surface area contributed by atoms with Crippen molar-refractivity contribution in [3.8, 4) is 11.5 Å². The van der Waals surface area contributed by atoms with Crippen LogP contribution in [0.15, 0.2) is 6.07 Å². The lowest BCUT2D eigenvalue weighted by molar-refractivity contribution is 0.369. The number of aromatic hydroxyl groups is 2. The Labute approximate surface area is 79.8 Å². The highest BCUT2D eigenvalue weighted by Crippen LogP contribution is 2.34. The topological polar surface area (TPSA) is 66.5 Å². The van der Waals surface area contributed by atoms with E-state index in [1.54, 1.807) is 0 Å². The van der Waals surface area contributed by atoms with E-state index in [4.69, 9.17) is 15.9 Å². The van der Waals surface area contributed by atoms with E-state index >= 15 is 0 Å². The molecule has 0 fully saturated rings. The van der Waals surface area contributed by atoms with E-state index in [0.29, 0.717) is 6.07 Å². The molecule has 4 N–H and O–H groups in total. The van der Waals surface area contributed by atoms with Crippen LogP contribution in [0.3, 0.4) is 0 Å². The van der Waals surface area contributed by atoms with Crippen molar-refractivity contribution >= 4 is 0 Å². The van der Waals surface area contributed by atoms with Crippen LogP contribution in [0.1, 0.15) is 19.4 Å². The van der Waals surface area contributed by atoms with Crippen LogP contribution in [-0.2, 0) is 5.54 Å². The lowest BCUT2D eigenvalue weighted by Crippen LogP contribution is -2.31. The molecule has 0 unspecified atom stereocenters. The number of rotatable bonds is 1. The van der Waals surface area contributed by atoms with E-state index in [-0.39, 0.29) is 0 Å². The molecule has 0 bridgehead atoms. The van der Waals surface area contributed by atoms with Crippen LogP contribution in [-0.4, -0.2) is 10.2 Å². The Bertz CT molecular complexity index is 346. The molecule has 0 aliphatic heterocycles. The van der Waals surface area contributed by atoms with Gasteiger partial charge in [-0.3, -0.25) is 0 Å². The first-order chi connectivity index (χ1) is 6.25. The maximum Gasteiger partial charge on any atom is 0.173 e. The fraction of sp³-hybridized carbons (Fsp3) is 0.333. The molecule has 0 aliphatic rings. The zero-order valence-electron chi connectivity index (χ0n) is 7.81. The van der Waals surface area contributed by atoms with E-state index in [9.17, 15) is 8.78 Å². The minimum atomic E-state index is -1.32. The number of hydrogen-bond acceptors (Lipinski definition) is 3. The van der Waals surface area contributed by atoms with E-state index in [1.165, 1.54) is 13.8 Å². The summed E-state index contributed by atoms with van der Waals surface area (Å²) in [5.41, 5.74) is 3.65. The Morgan fingerprint density at radius 2 is 1.50 bits per heavy atom. The average molecular weight is 203 g/mol. The Hall–Kier alpha value is -1.36. The molecular formula is C9H11F2NO2. The summed E-state index contributed by atoms with van der Waals surface area (Å²) in [4.78, 5) is 0. The first-order valence-corrected chi connectivity index (χ1v) is 3.94. The van der Waals surface area contributed by atoms with Crippen molar-refractivity contribution in [3.63, 3.8) is 0 Å². The van der Waals surface area contributed by atoms with Gasteiger partial charge in [0.2, 0.25) is 0 Å². The van der Waals surface area contributed by atoms with Gasteiger partial charge >= 0.3 is 0 Å². The SMILES string of the molecule is CC(C)(N)c1c(F)c(O)cc(O)c1F. The van der Waals surface area contributed by atoms with Crippen LogP contribution in [0, 0.1) is 11.6 Å². The van der Waals surface area contributed by atoms with Gasteiger partial charge in [0, 0.05) is 11.6 Å². The monoisotopic (exact) mass is 203 g/mol. The Kier molecular flexibility index (Phi) is 2.37. The molecule has 1 aromatic rings. The van der Waals surface area contributed by atoms with Gasteiger partial charge in [-0.25, -0.2) is 8.78 Å². The second-order valence-electron chi connectivity index (χ2n) is 3.64. The van der Waals surface area contributed by atoms with E-state index < -0.39 is 34.2 Å². The summed E-state index contributed by atoms with van der Waals surface area (Å²) in [7, 11) is 0. The number of halogens is 2. The Morgan fingerprint density at radius 1 is 1.14 bits per heavy atom. The third-order valence-corrected chi connectivity index (χ3v) is 1.81. The van der Waals surface area contributed by atoms with E-state index in [1.807, 2.05) is 0 Å². The number of phenolic OH excluding ortho intramolecular Hbond substituents is 2. The molecule has 0 saturated heterocycles. The maximum atomic E-state index is 13.3. The molecule has 1 aromatic carbocycles. The molecular weight excluding hydrogens is 192 g/mol. The second-order valence-corrected chi connectivity index (χ2v) is 3.64. The predicted octanol–water partition coefficient (Wildman–Crippen LogP) is 1.57. The molecule has 0 atom stereocenters. The Morgan fingerprint density at radius 3 is 1.79 bits per heavy atom. The van der Waals surface area contributed by atoms with Crippen LogP contribution in [0.4, 0.5) is 8.78 Å². The largest absolute Gasteiger partial charge is 0.505 e.